The molecule has 0 aromatic heterocycles. The van der Waals surface area contributed by atoms with Gasteiger partial charge in [-0.05, 0) is 50.3 Å². The Morgan fingerprint density at radius 1 is 1.29 bits per heavy atom. The number of nitrogens with two attached hydrogens (primary N) is 1. The lowest BCUT2D eigenvalue weighted by Crippen LogP contribution is -2.42. The normalized spacial score (nSPS) is 24.3. The topological polar surface area (TPSA) is 66.6 Å². The van der Waals surface area contributed by atoms with Gasteiger partial charge in [-0.2, -0.15) is 0 Å². The Morgan fingerprint density at radius 3 is 2.62 bits per heavy atom. The zero-order valence-electron chi connectivity index (χ0n) is 14.0. The van der Waals surface area contributed by atoms with Crippen molar-refractivity contribution in [3.05, 3.63) is 29.6 Å². The van der Waals surface area contributed by atoms with Crippen molar-refractivity contribution in [2.24, 2.45) is 5.73 Å². The van der Waals surface area contributed by atoms with E-state index in [1.54, 1.807) is 22.9 Å². The van der Waals surface area contributed by atoms with Gasteiger partial charge in [-0.25, -0.2) is 4.39 Å². The minimum absolute atomic E-state index is 0.0228. The number of hydrogen-bond donors (Lipinski definition) is 1. The third-order valence-corrected chi connectivity index (χ3v) is 5.17. The zero-order valence-corrected chi connectivity index (χ0v) is 14.0. The smallest absolute Gasteiger partial charge is 0.256 e. The van der Waals surface area contributed by atoms with E-state index in [-0.39, 0.29) is 29.5 Å². The summed E-state index contributed by atoms with van der Waals surface area (Å²) in [6.45, 7) is 0.619. The van der Waals surface area contributed by atoms with Crippen LogP contribution in [-0.2, 0) is 4.79 Å². The van der Waals surface area contributed by atoms with E-state index in [4.69, 9.17) is 5.73 Å². The predicted octanol–water partition coefficient (Wildman–Crippen LogP) is 2.29. The van der Waals surface area contributed by atoms with Gasteiger partial charge in [-0.1, -0.05) is 0 Å². The van der Waals surface area contributed by atoms with Crippen molar-refractivity contribution < 1.29 is 14.0 Å². The average Bonchev–Trinajstić information content (AvgIpc) is 3.01. The summed E-state index contributed by atoms with van der Waals surface area (Å²) in [7, 11) is 1.72. The van der Waals surface area contributed by atoms with Crippen LogP contribution in [0, 0.1) is 5.82 Å². The third-order valence-electron chi connectivity index (χ3n) is 5.17. The summed E-state index contributed by atoms with van der Waals surface area (Å²) in [5, 5.41) is 0. The van der Waals surface area contributed by atoms with Gasteiger partial charge >= 0.3 is 0 Å². The predicted molar refractivity (Wildman–Crippen MR) is 90.3 cm³/mol. The van der Waals surface area contributed by atoms with Gasteiger partial charge in [0.05, 0.1) is 5.56 Å². The highest BCUT2D eigenvalue weighted by Crippen LogP contribution is 2.27. The Kier molecular flexibility index (Phi) is 4.85. The Labute approximate surface area is 141 Å². The fourth-order valence-corrected chi connectivity index (χ4v) is 3.61. The van der Waals surface area contributed by atoms with Gasteiger partial charge in [0.15, 0.2) is 0 Å². The van der Waals surface area contributed by atoms with Crippen LogP contribution in [0.3, 0.4) is 0 Å². The van der Waals surface area contributed by atoms with Gasteiger partial charge in [0, 0.05) is 37.8 Å². The van der Waals surface area contributed by atoms with E-state index in [1.807, 2.05) is 0 Å². The molecule has 24 heavy (non-hydrogen) atoms. The maximum Gasteiger partial charge on any atom is 0.256 e. The van der Waals surface area contributed by atoms with Crippen LogP contribution in [-0.4, -0.2) is 42.4 Å². The summed E-state index contributed by atoms with van der Waals surface area (Å²) in [6.07, 6.45) is 4.75. The van der Waals surface area contributed by atoms with E-state index in [2.05, 4.69) is 0 Å². The largest absolute Gasteiger partial charge is 0.339 e. The van der Waals surface area contributed by atoms with Crippen LogP contribution >= 0.6 is 0 Å². The lowest BCUT2D eigenvalue weighted by Gasteiger charge is -2.33. The minimum atomic E-state index is -0.547. The fourth-order valence-electron chi connectivity index (χ4n) is 3.61. The SMILES string of the molecule is CN(C(=O)c1cc(N2CCCC2=O)ccc1F)C1CCC(N)CC1. The van der Waals surface area contributed by atoms with Crippen LogP contribution in [0.4, 0.5) is 10.1 Å². The molecule has 2 aliphatic rings. The Balaban J connectivity index is 1.79. The maximum absolute atomic E-state index is 14.2. The first-order chi connectivity index (χ1) is 11.5. The minimum Gasteiger partial charge on any atom is -0.339 e. The molecule has 3 rings (SSSR count). The molecule has 1 heterocycles. The van der Waals surface area contributed by atoms with Crippen molar-refractivity contribution in [1.29, 1.82) is 0 Å². The Morgan fingerprint density at radius 2 is 2.00 bits per heavy atom. The molecule has 0 bridgehead atoms. The van der Waals surface area contributed by atoms with Crippen LogP contribution in [0.1, 0.15) is 48.9 Å². The first-order valence-electron chi connectivity index (χ1n) is 8.60. The molecule has 0 spiro atoms. The van der Waals surface area contributed by atoms with Crippen LogP contribution < -0.4 is 10.6 Å². The van der Waals surface area contributed by atoms with Crippen molar-refractivity contribution in [3.63, 3.8) is 0 Å². The third kappa shape index (κ3) is 3.29. The molecular formula is C18H24FN3O2. The second kappa shape index (κ2) is 6.89. The lowest BCUT2D eigenvalue weighted by molar-refractivity contribution is -0.117. The number of anilines is 1. The number of carbonyl (C=O) groups is 2. The highest BCUT2D eigenvalue weighted by atomic mass is 19.1. The van der Waals surface area contributed by atoms with Gasteiger partial charge < -0.3 is 15.5 Å². The van der Waals surface area contributed by atoms with E-state index < -0.39 is 5.82 Å². The first-order valence-corrected chi connectivity index (χ1v) is 8.60. The maximum atomic E-state index is 14.2. The molecule has 2 amide bonds. The molecule has 1 saturated carbocycles. The first kappa shape index (κ1) is 16.9. The molecule has 6 heteroatoms. The second-order valence-electron chi connectivity index (χ2n) is 6.80. The summed E-state index contributed by atoms with van der Waals surface area (Å²) in [5.74, 6) is -0.856. The number of hydrogen-bond acceptors (Lipinski definition) is 3. The highest BCUT2D eigenvalue weighted by Gasteiger charge is 2.28. The van der Waals surface area contributed by atoms with Gasteiger partial charge in [0.25, 0.3) is 5.91 Å². The van der Waals surface area contributed by atoms with E-state index in [0.29, 0.717) is 18.7 Å². The Hall–Kier alpha value is -1.95. The van der Waals surface area contributed by atoms with Gasteiger partial charge in [-0.3, -0.25) is 9.59 Å². The lowest BCUT2D eigenvalue weighted by atomic mass is 9.90. The molecule has 1 aliphatic carbocycles. The molecule has 2 N–H and O–H groups in total. The van der Waals surface area contributed by atoms with Crippen molar-refractivity contribution in [2.45, 2.75) is 50.6 Å². The molecule has 5 nitrogen and oxygen atoms in total. The summed E-state index contributed by atoms with van der Waals surface area (Å²) in [4.78, 5) is 27.9. The van der Waals surface area contributed by atoms with Crippen molar-refractivity contribution in [1.82, 2.24) is 4.90 Å². The molecule has 1 saturated heterocycles. The standard InChI is InChI=1S/C18H24FN3O2/c1-21(13-6-4-12(20)5-7-13)18(24)15-11-14(8-9-16(15)19)22-10-2-3-17(22)23/h8-9,11-13H,2-7,10,20H2,1H3. The van der Waals surface area contributed by atoms with Crippen molar-refractivity contribution >= 4 is 17.5 Å². The van der Waals surface area contributed by atoms with Crippen LogP contribution in [0.25, 0.3) is 0 Å². The Bertz CT molecular complexity index is 641. The van der Waals surface area contributed by atoms with Crippen molar-refractivity contribution in [3.8, 4) is 0 Å². The van der Waals surface area contributed by atoms with E-state index >= 15 is 0 Å². The summed E-state index contributed by atoms with van der Waals surface area (Å²) >= 11 is 0. The molecule has 2 fully saturated rings. The number of nitrogens with zero attached hydrogens (tertiary/aromatic N) is 2. The van der Waals surface area contributed by atoms with E-state index in [0.717, 1.165) is 32.1 Å². The quantitative estimate of drug-likeness (QED) is 0.923. The molecule has 1 aliphatic heterocycles. The molecule has 0 radical (unpaired) electrons. The molecule has 0 unspecified atom stereocenters. The highest BCUT2D eigenvalue weighted by molar-refractivity contribution is 5.99. The van der Waals surface area contributed by atoms with E-state index in [1.165, 1.54) is 12.1 Å². The number of amides is 2. The van der Waals surface area contributed by atoms with Crippen LogP contribution in [0.2, 0.25) is 0 Å². The van der Waals surface area contributed by atoms with Crippen LogP contribution in [0.15, 0.2) is 18.2 Å². The van der Waals surface area contributed by atoms with Gasteiger partial charge in [-0.15, -0.1) is 0 Å². The molecular weight excluding hydrogens is 309 g/mol. The van der Waals surface area contributed by atoms with Crippen molar-refractivity contribution in [2.75, 3.05) is 18.5 Å². The number of halogens is 1. The van der Waals surface area contributed by atoms with E-state index in [9.17, 15) is 14.0 Å². The van der Waals surface area contributed by atoms with Crippen LogP contribution in [0.5, 0.6) is 0 Å². The summed E-state index contributed by atoms with van der Waals surface area (Å²) in [5.41, 5.74) is 6.54. The number of carbonyl (C=O) groups excluding carboxylic acids is 2. The van der Waals surface area contributed by atoms with Gasteiger partial charge in [0.1, 0.15) is 5.82 Å². The fraction of sp³-hybridized carbons (Fsp3) is 0.556. The number of benzene rings is 1. The zero-order chi connectivity index (χ0) is 17.3. The molecule has 1 aromatic rings. The average molecular weight is 333 g/mol. The van der Waals surface area contributed by atoms with Gasteiger partial charge in [0.2, 0.25) is 5.91 Å². The second-order valence-corrected chi connectivity index (χ2v) is 6.80. The molecule has 0 atom stereocenters. The monoisotopic (exact) mass is 333 g/mol. The summed E-state index contributed by atoms with van der Waals surface area (Å²) in [6, 6.07) is 4.64. The number of rotatable bonds is 3. The molecule has 130 valence electrons. The summed E-state index contributed by atoms with van der Waals surface area (Å²) < 4.78 is 14.2. The molecule has 1 aromatic carbocycles.